The van der Waals surface area contributed by atoms with Crippen molar-refractivity contribution in [2.45, 2.75) is 6.42 Å². The molecular formula is C10H13ClO2. The maximum absolute atomic E-state index is 5.72. The van der Waals surface area contributed by atoms with E-state index in [4.69, 9.17) is 21.1 Å². The van der Waals surface area contributed by atoms with Crippen LogP contribution in [0.4, 0.5) is 0 Å². The molecule has 2 nitrogen and oxygen atoms in total. The van der Waals surface area contributed by atoms with E-state index in [1.54, 1.807) is 7.11 Å². The van der Waals surface area contributed by atoms with Crippen LogP contribution in [0.15, 0.2) is 24.3 Å². The van der Waals surface area contributed by atoms with E-state index in [0.29, 0.717) is 6.61 Å². The Morgan fingerprint density at radius 1 is 1.15 bits per heavy atom. The van der Waals surface area contributed by atoms with Gasteiger partial charge in [0.1, 0.15) is 5.75 Å². The predicted molar refractivity (Wildman–Crippen MR) is 53.4 cm³/mol. The molecule has 13 heavy (non-hydrogen) atoms. The molecule has 0 atom stereocenters. The lowest BCUT2D eigenvalue weighted by Gasteiger charge is -2.04. The van der Waals surface area contributed by atoms with E-state index in [9.17, 15) is 0 Å². The Bertz CT molecular complexity index is 233. The summed E-state index contributed by atoms with van der Waals surface area (Å²) in [5.74, 6) is 0.848. The smallest absolute Gasteiger partial charge is 0.119 e. The van der Waals surface area contributed by atoms with Crippen molar-refractivity contribution in [3.63, 3.8) is 0 Å². The zero-order valence-corrected chi connectivity index (χ0v) is 8.38. The average molecular weight is 201 g/mol. The molecule has 1 aromatic carbocycles. The quantitative estimate of drug-likeness (QED) is 0.681. The summed E-state index contributed by atoms with van der Waals surface area (Å²) in [7, 11) is 1.68. The summed E-state index contributed by atoms with van der Waals surface area (Å²) in [5, 5.41) is 0.726. The molecule has 0 heterocycles. The van der Waals surface area contributed by atoms with Gasteiger partial charge in [-0.25, -0.2) is 0 Å². The highest BCUT2D eigenvalue weighted by Gasteiger charge is 1.92. The van der Waals surface area contributed by atoms with Gasteiger partial charge in [-0.2, -0.15) is 0 Å². The first-order chi connectivity index (χ1) is 6.33. The first-order valence-electron chi connectivity index (χ1n) is 4.20. The highest BCUT2D eigenvalue weighted by molar-refractivity contribution is 6.30. The van der Waals surface area contributed by atoms with Crippen LogP contribution in [-0.2, 0) is 4.74 Å². The molecular weight excluding hydrogens is 188 g/mol. The van der Waals surface area contributed by atoms with Gasteiger partial charge in [0.05, 0.1) is 6.61 Å². The van der Waals surface area contributed by atoms with Crippen LogP contribution in [0.1, 0.15) is 6.42 Å². The van der Waals surface area contributed by atoms with Crippen LogP contribution >= 0.6 is 11.6 Å². The fraction of sp³-hybridized carbons (Fsp3) is 0.400. The van der Waals surface area contributed by atoms with E-state index >= 15 is 0 Å². The molecule has 72 valence electrons. The van der Waals surface area contributed by atoms with Gasteiger partial charge in [-0.05, 0) is 24.3 Å². The summed E-state index contributed by atoms with van der Waals surface area (Å²) in [6.45, 7) is 1.41. The van der Waals surface area contributed by atoms with Crippen LogP contribution in [0.5, 0.6) is 5.75 Å². The number of halogens is 1. The number of ether oxygens (including phenoxy) is 2. The standard InChI is InChI=1S/C10H13ClO2/c1-12-7-2-8-13-10-5-3-9(11)4-6-10/h3-6H,2,7-8H2,1H3. The van der Waals surface area contributed by atoms with Gasteiger partial charge in [0.2, 0.25) is 0 Å². The van der Waals surface area contributed by atoms with Crippen molar-refractivity contribution in [3.8, 4) is 5.75 Å². The number of hydrogen-bond acceptors (Lipinski definition) is 2. The highest BCUT2D eigenvalue weighted by atomic mass is 35.5. The normalized spacial score (nSPS) is 10.0. The molecule has 0 aromatic heterocycles. The summed E-state index contributed by atoms with van der Waals surface area (Å²) < 4.78 is 10.3. The summed E-state index contributed by atoms with van der Waals surface area (Å²) >= 11 is 5.72. The molecule has 0 aliphatic heterocycles. The van der Waals surface area contributed by atoms with E-state index in [-0.39, 0.29) is 0 Å². The summed E-state index contributed by atoms with van der Waals surface area (Å²) in [5.41, 5.74) is 0. The van der Waals surface area contributed by atoms with Crippen molar-refractivity contribution < 1.29 is 9.47 Å². The van der Waals surface area contributed by atoms with E-state index in [1.165, 1.54) is 0 Å². The van der Waals surface area contributed by atoms with Gasteiger partial charge in [-0.15, -0.1) is 0 Å². The Labute approximate surface area is 83.4 Å². The molecule has 0 bridgehead atoms. The number of methoxy groups -OCH3 is 1. The van der Waals surface area contributed by atoms with E-state index in [1.807, 2.05) is 24.3 Å². The van der Waals surface area contributed by atoms with Gasteiger partial charge in [0, 0.05) is 25.2 Å². The van der Waals surface area contributed by atoms with Crippen LogP contribution in [0.25, 0.3) is 0 Å². The van der Waals surface area contributed by atoms with Crippen LogP contribution in [0.3, 0.4) is 0 Å². The lowest BCUT2D eigenvalue weighted by molar-refractivity contribution is 0.172. The first kappa shape index (κ1) is 10.4. The van der Waals surface area contributed by atoms with Crippen molar-refractivity contribution >= 4 is 11.6 Å². The topological polar surface area (TPSA) is 18.5 Å². The van der Waals surface area contributed by atoms with E-state index in [2.05, 4.69) is 0 Å². The van der Waals surface area contributed by atoms with Gasteiger partial charge in [-0.1, -0.05) is 11.6 Å². The molecule has 0 saturated heterocycles. The lowest BCUT2D eigenvalue weighted by Crippen LogP contribution is -2.00. The number of hydrogen-bond donors (Lipinski definition) is 0. The third-order valence-electron chi connectivity index (χ3n) is 1.58. The van der Waals surface area contributed by atoms with E-state index in [0.717, 1.165) is 23.8 Å². The minimum absolute atomic E-state index is 0.676. The molecule has 0 amide bonds. The SMILES string of the molecule is COCCCOc1ccc(Cl)cc1. The maximum Gasteiger partial charge on any atom is 0.119 e. The number of benzene rings is 1. The third-order valence-corrected chi connectivity index (χ3v) is 1.83. The largest absolute Gasteiger partial charge is 0.494 e. The second-order valence-corrected chi connectivity index (χ2v) is 3.09. The third kappa shape index (κ3) is 4.15. The molecule has 1 rings (SSSR count). The van der Waals surface area contributed by atoms with Crippen molar-refractivity contribution in [1.82, 2.24) is 0 Å². The molecule has 3 heteroatoms. The number of rotatable bonds is 5. The Balaban J connectivity index is 2.25. The van der Waals surface area contributed by atoms with Crippen molar-refractivity contribution in [2.24, 2.45) is 0 Å². The molecule has 0 radical (unpaired) electrons. The summed E-state index contributed by atoms with van der Waals surface area (Å²) in [6.07, 6.45) is 0.902. The fourth-order valence-corrected chi connectivity index (χ4v) is 1.05. The van der Waals surface area contributed by atoms with Gasteiger partial charge >= 0.3 is 0 Å². The highest BCUT2D eigenvalue weighted by Crippen LogP contribution is 2.15. The molecule has 0 saturated carbocycles. The van der Waals surface area contributed by atoms with Gasteiger partial charge in [0.15, 0.2) is 0 Å². The minimum atomic E-state index is 0.676. The molecule has 0 N–H and O–H groups in total. The average Bonchev–Trinajstić information content (AvgIpc) is 2.15. The maximum atomic E-state index is 5.72. The molecule has 0 spiro atoms. The van der Waals surface area contributed by atoms with Gasteiger partial charge < -0.3 is 9.47 Å². The summed E-state index contributed by atoms with van der Waals surface area (Å²) in [4.78, 5) is 0. The van der Waals surface area contributed by atoms with Crippen molar-refractivity contribution in [3.05, 3.63) is 29.3 Å². The Morgan fingerprint density at radius 2 is 1.85 bits per heavy atom. The predicted octanol–water partition coefficient (Wildman–Crippen LogP) is 2.76. The van der Waals surface area contributed by atoms with Gasteiger partial charge in [-0.3, -0.25) is 0 Å². The van der Waals surface area contributed by atoms with Crippen LogP contribution in [0.2, 0.25) is 5.02 Å². The Morgan fingerprint density at radius 3 is 2.46 bits per heavy atom. The Hall–Kier alpha value is -0.730. The van der Waals surface area contributed by atoms with Crippen LogP contribution < -0.4 is 4.74 Å². The van der Waals surface area contributed by atoms with Crippen LogP contribution in [-0.4, -0.2) is 20.3 Å². The molecule has 0 aliphatic rings. The zero-order chi connectivity index (χ0) is 9.52. The minimum Gasteiger partial charge on any atom is -0.494 e. The van der Waals surface area contributed by atoms with Crippen molar-refractivity contribution in [1.29, 1.82) is 0 Å². The molecule has 1 aromatic rings. The second-order valence-electron chi connectivity index (χ2n) is 2.65. The first-order valence-corrected chi connectivity index (χ1v) is 4.58. The zero-order valence-electron chi connectivity index (χ0n) is 7.63. The second kappa shape index (κ2) is 5.84. The van der Waals surface area contributed by atoms with Gasteiger partial charge in [0.25, 0.3) is 0 Å². The fourth-order valence-electron chi connectivity index (χ4n) is 0.924. The Kier molecular flexibility index (Phi) is 4.65. The van der Waals surface area contributed by atoms with Crippen LogP contribution in [0, 0.1) is 0 Å². The lowest BCUT2D eigenvalue weighted by atomic mass is 10.3. The summed E-state index contributed by atoms with van der Waals surface area (Å²) in [6, 6.07) is 7.34. The molecule has 0 fully saturated rings. The monoisotopic (exact) mass is 200 g/mol. The molecule has 0 aliphatic carbocycles. The molecule has 0 unspecified atom stereocenters. The van der Waals surface area contributed by atoms with Crippen molar-refractivity contribution in [2.75, 3.05) is 20.3 Å². The van der Waals surface area contributed by atoms with E-state index < -0.39 is 0 Å².